The number of aryl methyl sites for hydroxylation is 1. The lowest BCUT2D eigenvalue weighted by Crippen LogP contribution is -2.36. The fraction of sp³-hybridized carbons (Fsp3) is 0.714. The van der Waals surface area contributed by atoms with Gasteiger partial charge in [0.25, 0.3) is 0 Å². The van der Waals surface area contributed by atoms with Crippen molar-refractivity contribution in [3.8, 4) is 0 Å². The quantitative estimate of drug-likeness (QED) is 0.878. The lowest BCUT2D eigenvalue weighted by Gasteiger charge is -2.26. The topological polar surface area (TPSA) is 58.2 Å². The van der Waals surface area contributed by atoms with Crippen LogP contribution in [0, 0.1) is 12.8 Å². The van der Waals surface area contributed by atoms with Crippen LogP contribution in [-0.4, -0.2) is 21.5 Å². The van der Waals surface area contributed by atoms with Crippen LogP contribution in [0.5, 0.6) is 0 Å². The van der Waals surface area contributed by atoms with E-state index in [9.17, 15) is 8.42 Å². The minimum absolute atomic E-state index is 0.103. The second kappa shape index (κ2) is 6.56. The summed E-state index contributed by atoms with van der Waals surface area (Å²) in [5, 5.41) is 3.07. The highest BCUT2D eigenvalue weighted by atomic mass is 32.2. The molecule has 4 nitrogen and oxygen atoms in total. The third kappa shape index (κ3) is 3.81. The van der Waals surface area contributed by atoms with Gasteiger partial charge in [0.1, 0.15) is 4.21 Å². The predicted octanol–water partition coefficient (Wildman–Crippen LogP) is 2.63. The van der Waals surface area contributed by atoms with Gasteiger partial charge in [-0.3, -0.25) is 0 Å². The van der Waals surface area contributed by atoms with Gasteiger partial charge in [-0.1, -0.05) is 6.92 Å². The Hall–Kier alpha value is -0.430. The molecule has 0 spiro atoms. The van der Waals surface area contributed by atoms with E-state index in [2.05, 4.69) is 17.0 Å². The van der Waals surface area contributed by atoms with E-state index in [-0.39, 0.29) is 6.04 Å². The van der Waals surface area contributed by atoms with Crippen LogP contribution in [0.2, 0.25) is 0 Å². The summed E-state index contributed by atoms with van der Waals surface area (Å²) in [6.07, 6.45) is 4.13. The highest BCUT2D eigenvalue weighted by Crippen LogP contribution is 2.28. The molecular formula is C14H24N2O2S2. The molecule has 1 aromatic heterocycles. The molecule has 0 unspecified atom stereocenters. The van der Waals surface area contributed by atoms with E-state index in [0.717, 1.165) is 42.0 Å². The summed E-state index contributed by atoms with van der Waals surface area (Å²) in [6.45, 7) is 4.91. The monoisotopic (exact) mass is 316 g/mol. The van der Waals surface area contributed by atoms with Crippen LogP contribution in [0.15, 0.2) is 10.3 Å². The summed E-state index contributed by atoms with van der Waals surface area (Å²) >= 11 is 1.37. The molecular weight excluding hydrogens is 292 g/mol. The van der Waals surface area contributed by atoms with Gasteiger partial charge in [-0.05, 0) is 57.2 Å². The van der Waals surface area contributed by atoms with Gasteiger partial charge in [-0.15, -0.1) is 11.3 Å². The summed E-state index contributed by atoms with van der Waals surface area (Å²) in [5.41, 5.74) is 1.04. The smallest absolute Gasteiger partial charge is 0.250 e. The molecule has 1 heterocycles. The summed E-state index contributed by atoms with van der Waals surface area (Å²) in [6, 6.07) is 1.89. The van der Waals surface area contributed by atoms with Crippen LogP contribution < -0.4 is 10.0 Å². The van der Waals surface area contributed by atoms with E-state index in [1.54, 1.807) is 6.07 Å². The maximum atomic E-state index is 12.4. The van der Waals surface area contributed by atoms with Crippen molar-refractivity contribution in [1.29, 1.82) is 0 Å². The van der Waals surface area contributed by atoms with Crippen molar-refractivity contribution < 1.29 is 8.42 Å². The Balaban J connectivity index is 2.08. The first-order valence-corrected chi connectivity index (χ1v) is 9.48. The zero-order valence-corrected chi connectivity index (χ0v) is 14.0. The Bertz CT molecular complexity index is 544. The Morgan fingerprint density at radius 1 is 1.30 bits per heavy atom. The molecule has 20 heavy (non-hydrogen) atoms. The number of rotatable bonds is 5. The van der Waals surface area contributed by atoms with Crippen molar-refractivity contribution in [2.75, 3.05) is 7.05 Å². The minimum Gasteiger partial charge on any atom is -0.315 e. The Morgan fingerprint density at radius 3 is 2.55 bits per heavy atom. The first-order valence-electron chi connectivity index (χ1n) is 7.18. The Morgan fingerprint density at radius 2 is 1.95 bits per heavy atom. The molecule has 0 saturated heterocycles. The molecule has 1 saturated carbocycles. The highest BCUT2D eigenvalue weighted by Gasteiger charge is 2.25. The van der Waals surface area contributed by atoms with Gasteiger partial charge >= 0.3 is 0 Å². The minimum atomic E-state index is -3.36. The first-order chi connectivity index (χ1) is 9.42. The number of thiophene rings is 1. The standard InChI is InChI=1S/C14H24N2O2S2/c1-10-4-6-12(7-5-10)16-20(17,18)14-8-11(2)13(19-14)9-15-3/h8,10,12,15-16H,4-7,9H2,1-3H3. The molecule has 0 bridgehead atoms. The summed E-state index contributed by atoms with van der Waals surface area (Å²) in [4.78, 5) is 1.09. The second-order valence-corrected chi connectivity index (χ2v) is 8.86. The van der Waals surface area contributed by atoms with Gasteiger partial charge in [0.2, 0.25) is 10.0 Å². The summed E-state index contributed by atoms with van der Waals surface area (Å²) < 4.78 is 28.2. The maximum absolute atomic E-state index is 12.4. The van der Waals surface area contributed by atoms with Crippen LogP contribution in [0.1, 0.15) is 43.0 Å². The van der Waals surface area contributed by atoms with Crippen LogP contribution in [0.25, 0.3) is 0 Å². The molecule has 2 N–H and O–H groups in total. The lowest BCUT2D eigenvalue weighted by atomic mass is 9.88. The van der Waals surface area contributed by atoms with E-state index < -0.39 is 10.0 Å². The fourth-order valence-electron chi connectivity index (χ4n) is 2.61. The molecule has 0 atom stereocenters. The van der Waals surface area contributed by atoms with E-state index in [4.69, 9.17) is 0 Å². The third-order valence-corrected chi connectivity index (χ3v) is 7.17. The van der Waals surface area contributed by atoms with E-state index in [0.29, 0.717) is 10.8 Å². The highest BCUT2D eigenvalue weighted by molar-refractivity contribution is 7.91. The SMILES string of the molecule is CNCc1sc(S(=O)(=O)NC2CCC(C)CC2)cc1C. The normalized spacial score (nSPS) is 23.9. The number of nitrogens with one attached hydrogen (secondary N) is 2. The molecule has 0 aliphatic heterocycles. The third-order valence-electron chi connectivity index (χ3n) is 3.94. The molecule has 114 valence electrons. The van der Waals surface area contributed by atoms with Crippen molar-refractivity contribution in [2.24, 2.45) is 5.92 Å². The Kier molecular flexibility index (Phi) is 5.23. The van der Waals surface area contributed by atoms with Crippen LogP contribution >= 0.6 is 11.3 Å². The van der Waals surface area contributed by atoms with Gasteiger partial charge < -0.3 is 5.32 Å². The Labute approximate surface area is 126 Å². The van der Waals surface area contributed by atoms with Gasteiger partial charge in [0, 0.05) is 17.5 Å². The average molecular weight is 316 g/mol. The van der Waals surface area contributed by atoms with Crippen molar-refractivity contribution >= 4 is 21.4 Å². The zero-order valence-electron chi connectivity index (χ0n) is 12.4. The zero-order chi connectivity index (χ0) is 14.8. The van der Waals surface area contributed by atoms with Crippen molar-refractivity contribution in [2.45, 2.75) is 56.3 Å². The molecule has 2 rings (SSSR count). The van der Waals surface area contributed by atoms with E-state index in [1.807, 2.05) is 14.0 Å². The molecule has 1 aliphatic carbocycles. The second-order valence-electron chi connectivity index (χ2n) is 5.78. The van der Waals surface area contributed by atoms with Crippen LogP contribution in [0.4, 0.5) is 0 Å². The average Bonchev–Trinajstić information content (AvgIpc) is 2.75. The van der Waals surface area contributed by atoms with Crippen LogP contribution in [0.3, 0.4) is 0 Å². The van der Waals surface area contributed by atoms with E-state index >= 15 is 0 Å². The molecule has 1 aliphatic rings. The fourth-order valence-corrected chi connectivity index (χ4v) is 5.54. The summed E-state index contributed by atoms with van der Waals surface area (Å²) in [5.74, 6) is 0.724. The van der Waals surface area contributed by atoms with E-state index in [1.165, 1.54) is 11.3 Å². The maximum Gasteiger partial charge on any atom is 0.250 e. The molecule has 0 radical (unpaired) electrons. The molecule has 1 fully saturated rings. The van der Waals surface area contributed by atoms with Gasteiger partial charge in [-0.2, -0.15) is 0 Å². The molecule has 1 aromatic rings. The number of hydrogen-bond acceptors (Lipinski definition) is 4. The van der Waals surface area contributed by atoms with Crippen molar-refractivity contribution in [3.63, 3.8) is 0 Å². The summed E-state index contributed by atoms with van der Waals surface area (Å²) in [7, 11) is -1.49. The molecule has 0 aromatic carbocycles. The molecule has 6 heteroatoms. The van der Waals surface area contributed by atoms with Crippen molar-refractivity contribution in [1.82, 2.24) is 10.0 Å². The lowest BCUT2D eigenvalue weighted by molar-refractivity contribution is 0.332. The van der Waals surface area contributed by atoms with Gasteiger partial charge in [0.05, 0.1) is 0 Å². The number of hydrogen-bond donors (Lipinski definition) is 2. The first kappa shape index (κ1) is 15.9. The van der Waals surface area contributed by atoms with Gasteiger partial charge in [-0.25, -0.2) is 13.1 Å². The largest absolute Gasteiger partial charge is 0.315 e. The van der Waals surface area contributed by atoms with Crippen molar-refractivity contribution in [3.05, 3.63) is 16.5 Å². The molecule has 0 amide bonds. The predicted molar refractivity (Wildman–Crippen MR) is 83.6 cm³/mol. The van der Waals surface area contributed by atoms with Gasteiger partial charge in [0.15, 0.2) is 0 Å². The van der Waals surface area contributed by atoms with Crippen LogP contribution in [-0.2, 0) is 16.6 Å². The number of sulfonamides is 1.